The number of aryl methyl sites for hydroxylation is 1. The summed E-state index contributed by atoms with van der Waals surface area (Å²) in [5.74, 6) is 0.577. The highest BCUT2D eigenvalue weighted by molar-refractivity contribution is 9.10. The first kappa shape index (κ1) is 17.8. The molecular weight excluding hydrogens is 370 g/mol. The molecule has 1 amide bonds. The van der Waals surface area contributed by atoms with Crippen LogP contribution in [0.15, 0.2) is 44.8 Å². The quantitative estimate of drug-likeness (QED) is 0.615. The second kappa shape index (κ2) is 7.84. The van der Waals surface area contributed by atoms with Gasteiger partial charge in [0.1, 0.15) is 17.4 Å². The Morgan fingerprint density at radius 1 is 1.38 bits per heavy atom. The van der Waals surface area contributed by atoms with Crippen LogP contribution in [0, 0.1) is 11.3 Å². The molecule has 5 nitrogen and oxygen atoms in total. The van der Waals surface area contributed by atoms with Gasteiger partial charge in [0.2, 0.25) is 5.88 Å². The largest absolute Gasteiger partial charge is 0.440 e. The minimum absolute atomic E-state index is 0.0267. The maximum absolute atomic E-state index is 12.3. The van der Waals surface area contributed by atoms with E-state index in [1.54, 1.807) is 11.0 Å². The molecule has 0 spiro atoms. The highest BCUT2D eigenvalue weighted by Crippen LogP contribution is 2.30. The molecule has 124 valence electrons. The third-order valence-electron chi connectivity index (χ3n) is 3.37. The van der Waals surface area contributed by atoms with E-state index < -0.39 is 5.91 Å². The lowest BCUT2D eigenvalue weighted by molar-refractivity contribution is -0.112. The molecule has 0 radical (unpaired) electrons. The van der Waals surface area contributed by atoms with Gasteiger partial charge in [0.05, 0.1) is 4.47 Å². The molecular formula is C18H18BrN3O2. The molecule has 0 fully saturated rings. The number of hydrogen-bond acceptors (Lipinski definition) is 4. The molecule has 0 aliphatic rings. The Morgan fingerprint density at radius 2 is 2.04 bits per heavy atom. The van der Waals surface area contributed by atoms with Crippen molar-refractivity contribution in [2.75, 3.05) is 24.3 Å². The van der Waals surface area contributed by atoms with Crippen LogP contribution in [-0.4, -0.2) is 20.0 Å². The number of nitriles is 1. The molecule has 2 aromatic rings. The molecule has 0 saturated carbocycles. The fraction of sp³-hybridized carbons (Fsp3) is 0.222. The molecule has 24 heavy (non-hydrogen) atoms. The minimum atomic E-state index is -0.472. The van der Waals surface area contributed by atoms with E-state index >= 15 is 0 Å². The normalized spacial score (nSPS) is 11.0. The number of nitrogens with zero attached hydrogens (tertiary/aromatic N) is 2. The van der Waals surface area contributed by atoms with Crippen molar-refractivity contribution in [1.29, 1.82) is 5.26 Å². The summed E-state index contributed by atoms with van der Waals surface area (Å²) in [7, 11) is 3.68. The summed E-state index contributed by atoms with van der Waals surface area (Å²) < 4.78 is 6.37. The first-order valence-corrected chi connectivity index (χ1v) is 8.22. The van der Waals surface area contributed by atoms with Crippen molar-refractivity contribution in [2.45, 2.75) is 13.3 Å². The SMILES string of the molecule is CCc1ccc(NC(=O)/C(C#N)=C/c2cc(Br)c(N(C)C)o2)cc1. The molecule has 1 N–H and O–H groups in total. The lowest BCUT2D eigenvalue weighted by Gasteiger charge is -2.07. The Balaban J connectivity index is 2.19. The lowest BCUT2D eigenvalue weighted by atomic mass is 10.1. The van der Waals surface area contributed by atoms with Gasteiger partial charge in [0.25, 0.3) is 5.91 Å². The van der Waals surface area contributed by atoms with Crippen molar-refractivity contribution in [3.05, 3.63) is 51.7 Å². The molecule has 6 heteroatoms. The first-order valence-electron chi connectivity index (χ1n) is 7.43. The summed E-state index contributed by atoms with van der Waals surface area (Å²) in [6.45, 7) is 2.06. The summed E-state index contributed by atoms with van der Waals surface area (Å²) in [4.78, 5) is 14.1. The fourth-order valence-corrected chi connectivity index (χ4v) is 2.73. The lowest BCUT2D eigenvalue weighted by Crippen LogP contribution is -2.13. The first-order chi connectivity index (χ1) is 11.4. The van der Waals surface area contributed by atoms with E-state index in [2.05, 4.69) is 28.2 Å². The summed E-state index contributed by atoms with van der Waals surface area (Å²) in [6, 6.07) is 11.2. The van der Waals surface area contributed by atoms with Gasteiger partial charge < -0.3 is 14.6 Å². The monoisotopic (exact) mass is 387 g/mol. The average Bonchev–Trinajstić information content (AvgIpc) is 2.94. The Hall–Kier alpha value is -2.52. The van der Waals surface area contributed by atoms with Gasteiger partial charge in [-0.3, -0.25) is 4.79 Å². The van der Waals surface area contributed by atoms with Crippen LogP contribution in [-0.2, 0) is 11.2 Å². The van der Waals surface area contributed by atoms with Gasteiger partial charge in [-0.15, -0.1) is 0 Å². The molecule has 1 heterocycles. The fourth-order valence-electron chi connectivity index (χ4n) is 2.07. The van der Waals surface area contributed by atoms with E-state index in [0.29, 0.717) is 17.3 Å². The Bertz CT molecular complexity index is 799. The summed E-state index contributed by atoms with van der Waals surface area (Å²) in [5.41, 5.74) is 1.80. The van der Waals surface area contributed by atoms with Gasteiger partial charge in [-0.2, -0.15) is 5.26 Å². The van der Waals surface area contributed by atoms with Crippen LogP contribution in [0.1, 0.15) is 18.2 Å². The molecule has 2 rings (SSSR count). The Morgan fingerprint density at radius 3 is 2.54 bits per heavy atom. The third kappa shape index (κ3) is 4.27. The maximum atomic E-state index is 12.3. The number of anilines is 2. The number of carbonyl (C=O) groups is 1. The number of furan rings is 1. The van der Waals surface area contributed by atoms with Crippen LogP contribution in [0.25, 0.3) is 6.08 Å². The summed E-state index contributed by atoms with van der Waals surface area (Å²) >= 11 is 3.39. The van der Waals surface area contributed by atoms with Crippen LogP contribution in [0.3, 0.4) is 0 Å². The van der Waals surface area contributed by atoms with Gasteiger partial charge >= 0.3 is 0 Å². The zero-order valence-electron chi connectivity index (χ0n) is 13.8. The molecule has 1 aromatic heterocycles. The second-order valence-corrected chi connectivity index (χ2v) is 6.23. The van der Waals surface area contributed by atoms with Crippen molar-refractivity contribution in [2.24, 2.45) is 0 Å². The molecule has 0 saturated heterocycles. The van der Waals surface area contributed by atoms with Gasteiger partial charge in [-0.25, -0.2) is 0 Å². The van der Waals surface area contributed by atoms with E-state index in [1.165, 1.54) is 11.6 Å². The van der Waals surface area contributed by atoms with E-state index in [0.717, 1.165) is 10.9 Å². The number of nitrogens with one attached hydrogen (secondary N) is 1. The topological polar surface area (TPSA) is 69.3 Å². The standard InChI is InChI=1S/C18H18BrN3O2/c1-4-12-5-7-14(8-6-12)21-17(23)13(11-20)9-15-10-16(19)18(24-15)22(2)3/h5-10H,4H2,1-3H3,(H,21,23)/b13-9+. The Labute approximate surface area is 149 Å². The smallest absolute Gasteiger partial charge is 0.266 e. The van der Waals surface area contributed by atoms with Crippen molar-refractivity contribution in [3.63, 3.8) is 0 Å². The number of carbonyl (C=O) groups excluding carboxylic acids is 1. The number of rotatable bonds is 5. The van der Waals surface area contributed by atoms with Crippen LogP contribution in [0.4, 0.5) is 11.6 Å². The zero-order valence-corrected chi connectivity index (χ0v) is 15.3. The molecule has 0 atom stereocenters. The summed E-state index contributed by atoms with van der Waals surface area (Å²) in [6.07, 6.45) is 2.35. The van der Waals surface area contributed by atoms with Gasteiger partial charge in [0.15, 0.2) is 0 Å². The molecule has 0 bridgehead atoms. The molecule has 0 aliphatic heterocycles. The number of benzene rings is 1. The van der Waals surface area contributed by atoms with E-state index in [4.69, 9.17) is 4.42 Å². The maximum Gasteiger partial charge on any atom is 0.266 e. The van der Waals surface area contributed by atoms with Crippen molar-refractivity contribution in [1.82, 2.24) is 0 Å². The highest BCUT2D eigenvalue weighted by atomic mass is 79.9. The van der Waals surface area contributed by atoms with Gasteiger partial charge in [-0.05, 0) is 40.0 Å². The highest BCUT2D eigenvalue weighted by Gasteiger charge is 2.14. The summed E-state index contributed by atoms with van der Waals surface area (Å²) in [5, 5.41) is 12.0. The Kier molecular flexibility index (Phi) is 5.83. The van der Waals surface area contributed by atoms with Crippen molar-refractivity contribution >= 4 is 39.5 Å². The molecule has 1 aromatic carbocycles. The minimum Gasteiger partial charge on any atom is -0.440 e. The van der Waals surface area contributed by atoms with Gasteiger partial charge in [-0.1, -0.05) is 19.1 Å². The predicted molar refractivity (Wildman–Crippen MR) is 98.8 cm³/mol. The number of hydrogen-bond donors (Lipinski definition) is 1. The van der Waals surface area contributed by atoms with Crippen molar-refractivity contribution in [3.8, 4) is 6.07 Å². The van der Waals surface area contributed by atoms with E-state index in [-0.39, 0.29) is 5.57 Å². The van der Waals surface area contributed by atoms with Crippen LogP contribution < -0.4 is 10.2 Å². The van der Waals surface area contributed by atoms with Crippen LogP contribution >= 0.6 is 15.9 Å². The number of halogens is 1. The molecule has 0 aliphatic carbocycles. The number of amides is 1. The third-order valence-corrected chi connectivity index (χ3v) is 3.93. The zero-order chi connectivity index (χ0) is 17.7. The van der Waals surface area contributed by atoms with Crippen LogP contribution in [0.5, 0.6) is 0 Å². The van der Waals surface area contributed by atoms with Crippen molar-refractivity contribution < 1.29 is 9.21 Å². The average molecular weight is 388 g/mol. The van der Waals surface area contributed by atoms with E-state index in [1.807, 2.05) is 44.4 Å². The molecule has 0 unspecified atom stereocenters. The second-order valence-electron chi connectivity index (χ2n) is 5.37. The predicted octanol–water partition coefficient (Wildman–Crippen LogP) is 4.22. The van der Waals surface area contributed by atoms with Gasteiger partial charge in [0, 0.05) is 31.9 Å². The van der Waals surface area contributed by atoms with E-state index in [9.17, 15) is 10.1 Å². The van der Waals surface area contributed by atoms with Crippen LogP contribution in [0.2, 0.25) is 0 Å².